The standard InChI is InChI=1S/C26H35N/c1-3-5-6-7-21-8-13-24(27-20-21)22-9-11-23(12-10-22)26-17-14-25(4-2,15-18-26)16-19-26/h8-13,20H,3-7,14-19H2,1-2H3. The molecule has 27 heavy (non-hydrogen) atoms. The van der Waals surface area contributed by atoms with Crippen LogP contribution in [0, 0.1) is 5.41 Å². The molecule has 0 aliphatic heterocycles. The van der Waals surface area contributed by atoms with Crippen LogP contribution in [0.2, 0.25) is 0 Å². The highest BCUT2D eigenvalue weighted by atomic mass is 14.7. The van der Waals surface area contributed by atoms with Crippen LogP contribution in [-0.4, -0.2) is 4.98 Å². The maximum atomic E-state index is 4.74. The minimum atomic E-state index is 0.464. The molecule has 3 fully saturated rings. The van der Waals surface area contributed by atoms with Gasteiger partial charge in [-0.15, -0.1) is 0 Å². The Bertz CT molecular complexity index is 716. The van der Waals surface area contributed by atoms with Crippen molar-refractivity contribution in [1.82, 2.24) is 4.98 Å². The van der Waals surface area contributed by atoms with Crippen LogP contribution in [0.25, 0.3) is 11.3 Å². The van der Waals surface area contributed by atoms with E-state index >= 15 is 0 Å². The summed E-state index contributed by atoms with van der Waals surface area (Å²) in [6.07, 6.45) is 17.0. The van der Waals surface area contributed by atoms with Gasteiger partial charge in [-0.3, -0.25) is 4.98 Å². The molecule has 3 aliphatic rings. The second-order valence-electron chi connectivity index (χ2n) is 9.22. The molecule has 0 unspecified atom stereocenters. The smallest absolute Gasteiger partial charge is 0.0702 e. The van der Waals surface area contributed by atoms with Gasteiger partial charge in [-0.25, -0.2) is 0 Å². The SMILES string of the molecule is CCCCCc1ccc(-c2ccc(C34CCC(CC)(CC3)CC4)cc2)nc1. The second-order valence-corrected chi connectivity index (χ2v) is 9.22. The summed E-state index contributed by atoms with van der Waals surface area (Å²) in [5, 5.41) is 0. The number of fused-ring (bicyclic) bond motifs is 3. The number of benzene rings is 1. The molecule has 0 atom stereocenters. The fraction of sp³-hybridized carbons (Fsp3) is 0.577. The molecule has 2 aromatic rings. The van der Waals surface area contributed by atoms with E-state index in [0.717, 1.165) is 12.1 Å². The average Bonchev–Trinajstić information content (AvgIpc) is 2.76. The van der Waals surface area contributed by atoms with Crippen LogP contribution in [0.4, 0.5) is 0 Å². The largest absolute Gasteiger partial charge is 0.256 e. The summed E-state index contributed by atoms with van der Waals surface area (Å²) in [6, 6.07) is 13.9. The van der Waals surface area contributed by atoms with E-state index < -0.39 is 0 Å². The van der Waals surface area contributed by atoms with Gasteiger partial charge in [0.2, 0.25) is 0 Å². The van der Waals surface area contributed by atoms with E-state index in [-0.39, 0.29) is 0 Å². The van der Waals surface area contributed by atoms with Crippen LogP contribution >= 0.6 is 0 Å². The summed E-state index contributed by atoms with van der Waals surface area (Å²) in [5.74, 6) is 0. The first-order chi connectivity index (χ1) is 13.2. The van der Waals surface area contributed by atoms with Crippen molar-refractivity contribution < 1.29 is 0 Å². The monoisotopic (exact) mass is 361 g/mol. The quantitative estimate of drug-likeness (QED) is 0.466. The number of nitrogens with zero attached hydrogens (tertiary/aromatic N) is 1. The van der Waals surface area contributed by atoms with Gasteiger partial charge in [0.1, 0.15) is 0 Å². The highest BCUT2D eigenvalue weighted by Gasteiger charge is 2.48. The van der Waals surface area contributed by atoms with E-state index in [1.165, 1.54) is 75.3 Å². The molecule has 1 aromatic heterocycles. The van der Waals surface area contributed by atoms with Crippen LogP contribution in [0.3, 0.4) is 0 Å². The van der Waals surface area contributed by atoms with Gasteiger partial charge in [0.15, 0.2) is 0 Å². The predicted molar refractivity (Wildman–Crippen MR) is 115 cm³/mol. The molecule has 0 amide bonds. The fourth-order valence-corrected chi connectivity index (χ4v) is 5.54. The van der Waals surface area contributed by atoms with Crippen molar-refractivity contribution >= 4 is 0 Å². The third kappa shape index (κ3) is 3.71. The zero-order valence-corrected chi connectivity index (χ0v) is 17.3. The average molecular weight is 362 g/mol. The third-order valence-corrected chi connectivity index (χ3v) is 7.84. The molecular weight excluding hydrogens is 326 g/mol. The van der Waals surface area contributed by atoms with Crippen molar-refractivity contribution in [3.05, 3.63) is 53.7 Å². The van der Waals surface area contributed by atoms with Crippen molar-refractivity contribution in [2.24, 2.45) is 5.41 Å². The molecule has 3 aliphatic carbocycles. The first-order valence-electron chi connectivity index (χ1n) is 11.2. The van der Waals surface area contributed by atoms with E-state index in [2.05, 4.69) is 56.4 Å². The molecule has 1 aromatic carbocycles. The van der Waals surface area contributed by atoms with Gasteiger partial charge >= 0.3 is 0 Å². The van der Waals surface area contributed by atoms with Gasteiger partial charge in [-0.05, 0) is 79.4 Å². The van der Waals surface area contributed by atoms with Gasteiger partial charge in [-0.1, -0.05) is 63.4 Å². The van der Waals surface area contributed by atoms with Crippen molar-refractivity contribution in [3.63, 3.8) is 0 Å². The molecule has 3 saturated carbocycles. The van der Waals surface area contributed by atoms with Crippen molar-refractivity contribution in [1.29, 1.82) is 0 Å². The summed E-state index contributed by atoms with van der Waals surface area (Å²) in [4.78, 5) is 4.74. The normalized spacial score (nSPS) is 27.0. The van der Waals surface area contributed by atoms with Gasteiger partial charge in [0.05, 0.1) is 5.69 Å². The Kier molecular flexibility index (Phi) is 5.39. The van der Waals surface area contributed by atoms with Crippen LogP contribution < -0.4 is 0 Å². The zero-order valence-electron chi connectivity index (χ0n) is 17.3. The molecule has 1 heterocycles. The van der Waals surface area contributed by atoms with Gasteiger partial charge in [-0.2, -0.15) is 0 Å². The molecule has 0 spiro atoms. The van der Waals surface area contributed by atoms with Crippen LogP contribution in [0.1, 0.15) is 89.2 Å². The lowest BCUT2D eigenvalue weighted by Gasteiger charge is -2.54. The van der Waals surface area contributed by atoms with E-state index in [1.54, 1.807) is 5.56 Å². The minimum absolute atomic E-state index is 0.464. The number of rotatable bonds is 7. The number of pyridine rings is 1. The number of aryl methyl sites for hydroxylation is 1. The van der Waals surface area contributed by atoms with Gasteiger partial charge < -0.3 is 0 Å². The maximum absolute atomic E-state index is 4.74. The lowest BCUT2D eigenvalue weighted by molar-refractivity contribution is 0.0367. The highest BCUT2D eigenvalue weighted by Crippen LogP contribution is 2.59. The highest BCUT2D eigenvalue weighted by molar-refractivity contribution is 5.60. The molecule has 5 rings (SSSR count). The third-order valence-electron chi connectivity index (χ3n) is 7.84. The lowest BCUT2D eigenvalue weighted by Crippen LogP contribution is -2.43. The summed E-state index contributed by atoms with van der Waals surface area (Å²) >= 11 is 0. The molecule has 0 N–H and O–H groups in total. The number of aromatic nitrogens is 1. The summed E-state index contributed by atoms with van der Waals surface area (Å²) in [6.45, 7) is 4.65. The minimum Gasteiger partial charge on any atom is -0.256 e. The van der Waals surface area contributed by atoms with Gasteiger partial charge in [0, 0.05) is 11.8 Å². The first kappa shape index (κ1) is 18.7. The molecule has 0 saturated heterocycles. The Labute approximate surface area is 165 Å². The first-order valence-corrected chi connectivity index (χ1v) is 11.2. The molecule has 1 heteroatoms. The second kappa shape index (κ2) is 7.78. The van der Waals surface area contributed by atoms with E-state index in [4.69, 9.17) is 4.98 Å². The van der Waals surface area contributed by atoms with Crippen molar-refractivity contribution in [3.8, 4) is 11.3 Å². The Morgan fingerprint density at radius 1 is 0.815 bits per heavy atom. The molecule has 144 valence electrons. The van der Waals surface area contributed by atoms with Crippen LogP contribution in [-0.2, 0) is 11.8 Å². The fourth-order valence-electron chi connectivity index (χ4n) is 5.54. The molecule has 1 nitrogen and oxygen atoms in total. The Balaban J connectivity index is 1.45. The predicted octanol–water partition coefficient (Wildman–Crippen LogP) is 7.48. The number of hydrogen-bond acceptors (Lipinski definition) is 1. The lowest BCUT2D eigenvalue weighted by atomic mass is 9.51. The van der Waals surface area contributed by atoms with Crippen LogP contribution in [0.5, 0.6) is 0 Å². The van der Waals surface area contributed by atoms with Crippen LogP contribution in [0.15, 0.2) is 42.6 Å². The summed E-state index contributed by atoms with van der Waals surface area (Å²) < 4.78 is 0. The van der Waals surface area contributed by atoms with Gasteiger partial charge in [0.25, 0.3) is 0 Å². The van der Waals surface area contributed by atoms with E-state index in [0.29, 0.717) is 10.8 Å². The summed E-state index contributed by atoms with van der Waals surface area (Å²) in [7, 11) is 0. The van der Waals surface area contributed by atoms with E-state index in [1.807, 2.05) is 0 Å². The topological polar surface area (TPSA) is 12.9 Å². The van der Waals surface area contributed by atoms with E-state index in [9.17, 15) is 0 Å². The summed E-state index contributed by atoms with van der Waals surface area (Å²) in [5.41, 5.74) is 6.45. The Morgan fingerprint density at radius 3 is 2.07 bits per heavy atom. The maximum Gasteiger partial charge on any atom is 0.0702 e. The number of hydrogen-bond donors (Lipinski definition) is 0. The van der Waals surface area contributed by atoms with Crippen molar-refractivity contribution in [2.45, 2.75) is 89.9 Å². The number of unbranched alkanes of at least 4 members (excludes halogenated alkanes) is 2. The zero-order chi connectivity index (χ0) is 18.7. The Morgan fingerprint density at radius 2 is 1.52 bits per heavy atom. The molecular formula is C26H35N. The molecule has 2 bridgehead atoms. The Hall–Kier alpha value is -1.63. The molecule has 0 radical (unpaired) electrons. The van der Waals surface area contributed by atoms with Crippen molar-refractivity contribution in [2.75, 3.05) is 0 Å².